The summed E-state index contributed by atoms with van der Waals surface area (Å²) in [5.74, 6) is -1.58. The Labute approximate surface area is 300 Å². The number of thiophene rings is 1. The van der Waals surface area contributed by atoms with Gasteiger partial charge in [0.2, 0.25) is 11.8 Å². The minimum absolute atomic E-state index is 0.133. The van der Waals surface area contributed by atoms with Crippen molar-refractivity contribution in [2.75, 3.05) is 46.4 Å². The van der Waals surface area contributed by atoms with Crippen LogP contribution in [0.2, 0.25) is 0 Å². The second-order valence-electron chi connectivity index (χ2n) is 13.3. The van der Waals surface area contributed by atoms with Crippen molar-refractivity contribution in [3.63, 3.8) is 0 Å². The number of amides is 3. The molecule has 3 aromatic rings. The number of alkyl halides is 2. The maximum atomic E-state index is 15.5. The molecule has 4 heterocycles. The highest BCUT2D eigenvalue weighted by Crippen LogP contribution is 2.67. The molecule has 0 radical (unpaired) electrons. The maximum Gasteiger partial charge on any atom is 0.404 e. The summed E-state index contributed by atoms with van der Waals surface area (Å²) in [5.41, 5.74) is -3.49. The Bertz CT molecular complexity index is 1860. The van der Waals surface area contributed by atoms with Gasteiger partial charge in [-0.05, 0) is 69.3 Å². The van der Waals surface area contributed by atoms with Gasteiger partial charge in [-0.3, -0.25) is 18.9 Å². The Kier molecular flexibility index (Phi) is 11.0. The average molecular weight is 742 g/mol. The van der Waals surface area contributed by atoms with E-state index in [1.165, 1.54) is 32.0 Å². The fraction of sp³-hybridized carbons (Fsp3) is 0.500. The summed E-state index contributed by atoms with van der Waals surface area (Å²) in [6.07, 6.45) is 1.68. The van der Waals surface area contributed by atoms with Crippen LogP contribution in [0.25, 0.3) is 10.1 Å². The number of benzene rings is 2. The second-order valence-corrected chi connectivity index (χ2v) is 16.5. The summed E-state index contributed by atoms with van der Waals surface area (Å²) in [5, 5.41) is 13.2. The van der Waals surface area contributed by atoms with E-state index in [9.17, 15) is 24.2 Å². The molecule has 0 unspecified atom stereocenters. The lowest BCUT2D eigenvalue weighted by Crippen LogP contribution is -2.66. The summed E-state index contributed by atoms with van der Waals surface area (Å²) in [7, 11) is -2.90. The largest absolute Gasteiger partial charge is 0.404 e. The Balaban J connectivity index is 1.20. The van der Waals surface area contributed by atoms with E-state index in [0.29, 0.717) is 49.0 Å². The van der Waals surface area contributed by atoms with Crippen LogP contribution in [0.3, 0.4) is 0 Å². The van der Waals surface area contributed by atoms with Crippen LogP contribution in [0.1, 0.15) is 59.8 Å². The molecule has 11 nitrogen and oxygen atoms in total. The molecular weight excluding hydrogens is 699 g/mol. The SMILES string of the molecule is CCOP(=O)(OCC)C(F)(F)c1ccc2sc(C(=O)N[C@H]3CCC[C@H]4CN(C)C[C@@H](C(=O)N5C[C@H](c6ccccc6)[C@@H](C#N)C5)N4C3=O)cc2c1. The number of likely N-dealkylation sites (tertiary alicyclic amines) is 1. The summed E-state index contributed by atoms with van der Waals surface area (Å²) in [6.45, 7) is 4.02. The van der Waals surface area contributed by atoms with Crippen LogP contribution in [0, 0.1) is 17.2 Å². The first kappa shape index (κ1) is 37.0. The summed E-state index contributed by atoms with van der Waals surface area (Å²) in [4.78, 5) is 47.7. The van der Waals surface area contributed by atoms with E-state index in [2.05, 4.69) is 16.3 Å². The van der Waals surface area contributed by atoms with Crippen LogP contribution in [0.15, 0.2) is 54.6 Å². The van der Waals surface area contributed by atoms with Crippen LogP contribution in [-0.2, 0) is 28.9 Å². The third-order valence-electron chi connectivity index (χ3n) is 9.96. The minimum Gasteiger partial charge on any atom is -0.340 e. The van der Waals surface area contributed by atoms with Gasteiger partial charge in [0.1, 0.15) is 12.1 Å². The molecule has 0 saturated carbocycles. The number of piperazine rings is 1. The quantitative estimate of drug-likeness (QED) is 0.259. The molecule has 1 N–H and O–H groups in total. The smallest absolute Gasteiger partial charge is 0.340 e. The molecule has 0 aliphatic carbocycles. The summed E-state index contributed by atoms with van der Waals surface area (Å²) >= 11 is 1.09. The normalized spacial score (nSPS) is 24.6. The molecule has 3 fully saturated rings. The molecule has 6 rings (SSSR count). The number of carbonyl (C=O) groups is 3. The molecule has 0 spiro atoms. The van der Waals surface area contributed by atoms with Gasteiger partial charge in [0.05, 0.1) is 30.1 Å². The van der Waals surface area contributed by atoms with Gasteiger partial charge in [-0.1, -0.05) is 36.4 Å². The first-order valence-corrected chi connectivity index (χ1v) is 19.6. The number of hydrogen-bond acceptors (Lipinski definition) is 9. The molecule has 15 heteroatoms. The Morgan fingerprint density at radius 2 is 1.76 bits per heavy atom. The fourth-order valence-corrected chi connectivity index (χ4v) is 10.0. The minimum atomic E-state index is -4.82. The highest BCUT2D eigenvalue weighted by Gasteiger charge is 2.55. The van der Waals surface area contributed by atoms with Crippen molar-refractivity contribution in [2.24, 2.45) is 5.92 Å². The lowest BCUT2D eigenvalue weighted by atomic mass is 9.90. The number of hydrogen-bond donors (Lipinski definition) is 1. The zero-order chi connectivity index (χ0) is 36.5. The van der Waals surface area contributed by atoms with E-state index < -0.39 is 36.8 Å². The van der Waals surface area contributed by atoms with Gasteiger partial charge in [-0.2, -0.15) is 14.0 Å². The van der Waals surface area contributed by atoms with Gasteiger partial charge in [0, 0.05) is 48.4 Å². The number of fused-ring (bicyclic) bond motifs is 2. The van der Waals surface area contributed by atoms with Crippen LogP contribution >= 0.6 is 18.9 Å². The molecular formula is C36H42F2N5O6PS. The summed E-state index contributed by atoms with van der Waals surface area (Å²) in [6, 6.07) is 15.4. The molecule has 272 valence electrons. The standard InChI is InChI=1S/C36H42F2N5O6PS/c1-4-48-50(47,49-5-2)36(37,38)26-14-15-31-24(16-26)17-32(51-31)33(44)40-29-13-9-12-27-20-41(3)22-30(43(27)34(29)45)35(46)42-19-25(18-39)28(21-42)23-10-7-6-8-11-23/h6-8,10-11,14-17,25,27-30H,4-5,9,12-13,19-22H2,1-3H3,(H,40,44)/t25-,27-,28+,29-,30-/m0/s1. The average Bonchev–Trinajstić information content (AvgIpc) is 3.72. The number of rotatable bonds is 10. The molecule has 1 aromatic heterocycles. The van der Waals surface area contributed by atoms with Crippen molar-refractivity contribution >= 4 is 46.7 Å². The van der Waals surface area contributed by atoms with Crippen molar-refractivity contribution < 1.29 is 36.8 Å². The first-order valence-electron chi connectivity index (χ1n) is 17.3. The van der Waals surface area contributed by atoms with Gasteiger partial charge >= 0.3 is 13.3 Å². The topological polar surface area (TPSA) is 132 Å². The van der Waals surface area contributed by atoms with Crippen molar-refractivity contribution in [1.82, 2.24) is 20.0 Å². The zero-order valence-corrected chi connectivity index (χ0v) is 30.5. The van der Waals surface area contributed by atoms with Gasteiger partial charge in [0.25, 0.3) is 5.91 Å². The molecule has 2 aromatic carbocycles. The Morgan fingerprint density at radius 3 is 2.45 bits per heavy atom. The van der Waals surface area contributed by atoms with Crippen molar-refractivity contribution in [2.45, 2.75) is 62.8 Å². The van der Waals surface area contributed by atoms with Crippen LogP contribution in [-0.4, -0.2) is 97.0 Å². The van der Waals surface area contributed by atoms with E-state index in [0.717, 1.165) is 23.0 Å². The third kappa shape index (κ3) is 7.19. The van der Waals surface area contributed by atoms with E-state index >= 15 is 8.78 Å². The van der Waals surface area contributed by atoms with Crippen LogP contribution in [0.4, 0.5) is 8.78 Å². The third-order valence-corrected chi connectivity index (χ3v) is 13.2. The van der Waals surface area contributed by atoms with E-state index in [1.807, 2.05) is 37.4 Å². The Hall–Kier alpha value is -3.73. The van der Waals surface area contributed by atoms with Gasteiger partial charge < -0.3 is 29.1 Å². The monoisotopic (exact) mass is 741 g/mol. The predicted octanol–water partition coefficient (Wildman–Crippen LogP) is 5.78. The molecule has 3 aliphatic rings. The molecule has 0 bridgehead atoms. The number of likely N-dealkylation sites (N-methyl/N-ethyl adjacent to an activating group) is 1. The number of nitriles is 1. The number of nitrogens with zero attached hydrogens (tertiary/aromatic N) is 4. The van der Waals surface area contributed by atoms with Crippen LogP contribution in [0.5, 0.6) is 0 Å². The Morgan fingerprint density at radius 1 is 1.04 bits per heavy atom. The highest BCUT2D eigenvalue weighted by molar-refractivity contribution is 7.54. The lowest BCUT2D eigenvalue weighted by Gasteiger charge is -2.46. The van der Waals surface area contributed by atoms with Crippen molar-refractivity contribution in [3.8, 4) is 6.07 Å². The van der Waals surface area contributed by atoms with Crippen molar-refractivity contribution in [1.29, 1.82) is 5.26 Å². The molecule has 3 aliphatic heterocycles. The first-order chi connectivity index (χ1) is 24.4. The van der Waals surface area contributed by atoms with Gasteiger partial charge in [-0.15, -0.1) is 11.3 Å². The number of carbonyl (C=O) groups excluding carboxylic acids is 3. The zero-order valence-electron chi connectivity index (χ0n) is 28.8. The maximum absolute atomic E-state index is 15.5. The van der Waals surface area contributed by atoms with E-state index in [4.69, 9.17) is 9.05 Å². The predicted molar refractivity (Wildman–Crippen MR) is 188 cm³/mol. The lowest BCUT2D eigenvalue weighted by molar-refractivity contribution is -0.152. The van der Waals surface area contributed by atoms with Crippen LogP contribution < -0.4 is 5.32 Å². The van der Waals surface area contributed by atoms with Gasteiger partial charge in [0.15, 0.2) is 0 Å². The van der Waals surface area contributed by atoms with Gasteiger partial charge in [-0.25, -0.2) is 0 Å². The van der Waals surface area contributed by atoms with Crippen molar-refractivity contribution in [3.05, 3.63) is 70.6 Å². The molecule has 3 amide bonds. The number of nitrogens with one attached hydrogen (secondary N) is 1. The number of halogens is 2. The molecule has 3 saturated heterocycles. The fourth-order valence-electron chi connectivity index (χ4n) is 7.55. The molecule has 5 atom stereocenters. The highest BCUT2D eigenvalue weighted by atomic mass is 32.1. The summed E-state index contributed by atoms with van der Waals surface area (Å²) < 4.78 is 54.3. The van der Waals surface area contributed by atoms with E-state index in [-0.39, 0.29) is 54.3 Å². The molecule has 51 heavy (non-hydrogen) atoms. The second kappa shape index (κ2) is 15.1. The van der Waals surface area contributed by atoms with E-state index in [1.54, 1.807) is 9.80 Å².